The molecule has 0 spiro atoms. The van der Waals surface area contributed by atoms with E-state index in [1.165, 1.54) is 19.3 Å². The lowest BCUT2D eigenvalue weighted by Crippen LogP contribution is -2.39. The predicted molar refractivity (Wildman–Crippen MR) is 119 cm³/mol. The van der Waals surface area contributed by atoms with Gasteiger partial charge in [-0.25, -0.2) is 0 Å². The zero-order valence-electron chi connectivity index (χ0n) is 18.6. The van der Waals surface area contributed by atoms with Gasteiger partial charge >= 0.3 is 0 Å². The van der Waals surface area contributed by atoms with Crippen LogP contribution in [0.4, 0.5) is 11.4 Å². The number of nitrogens with zero attached hydrogens (tertiary/aromatic N) is 1. The van der Waals surface area contributed by atoms with Crippen molar-refractivity contribution in [3.63, 3.8) is 0 Å². The minimum absolute atomic E-state index is 0.0391. The number of carbonyl (C=O) groups is 2. The molecular formula is C22H38N4O3. The Kier molecular flexibility index (Phi) is 10.5. The molecule has 29 heavy (non-hydrogen) atoms. The van der Waals surface area contributed by atoms with E-state index in [9.17, 15) is 9.59 Å². The summed E-state index contributed by atoms with van der Waals surface area (Å²) in [5, 5.41) is 6.90. The number of amides is 1. The fourth-order valence-corrected chi connectivity index (χ4v) is 3.03. The van der Waals surface area contributed by atoms with Crippen molar-refractivity contribution >= 4 is 23.8 Å². The van der Waals surface area contributed by atoms with E-state index in [-0.39, 0.29) is 11.5 Å². The lowest BCUT2D eigenvalue weighted by Gasteiger charge is -2.24. The van der Waals surface area contributed by atoms with E-state index in [4.69, 9.17) is 5.73 Å². The van der Waals surface area contributed by atoms with Gasteiger partial charge in [0.2, 0.25) is 0 Å². The van der Waals surface area contributed by atoms with E-state index >= 15 is 0 Å². The maximum absolute atomic E-state index is 12.3. The monoisotopic (exact) mass is 406 g/mol. The van der Waals surface area contributed by atoms with Gasteiger partial charge in [-0.3, -0.25) is 9.59 Å². The third kappa shape index (κ3) is 9.17. The second kappa shape index (κ2) is 12.3. The first-order chi connectivity index (χ1) is 13.7. The number of piperidine rings is 1. The number of benzene rings is 1. The van der Waals surface area contributed by atoms with Crippen molar-refractivity contribution in [3.8, 4) is 0 Å². The van der Waals surface area contributed by atoms with E-state index in [0.29, 0.717) is 36.9 Å². The molecular weight excluding hydrogens is 368 g/mol. The molecule has 1 amide bonds. The van der Waals surface area contributed by atoms with Crippen LogP contribution in [0, 0.1) is 0 Å². The highest BCUT2D eigenvalue weighted by molar-refractivity contribution is 5.96. The van der Waals surface area contributed by atoms with Gasteiger partial charge in [0, 0.05) is 31.2 Å². The summed E-state index contributed by atoms with van der Waals surface area (Å²) >= 11 is 0. The molecule has 1 saturated heterocycles. The number of hydrogen-bond acceptors (Lipinski definition) is 6. The molecule has 2 rings (SSSR count). The van der Waals surface area contributed by atoms with Gasteiger partial charge in [0.1, 0.15) is 5.60 Å². The number of ether oxygens (including phenoxy) is 1. The molecule has 164 valence electrons. The minimum Gasteiger partial charge on any atom is -0.462 e. The van der Waals surface area contributed by atoms with Gasteiger partial charge in [-0.15, -0.1) is 0 Å². The highest BCUT2D eigenvalue weighted by Crippen LogP contribution is 2.21. The number of nitrogens with two attached hydrogens (primary N) is 1. The van der Waals surface area contributed by atoms with Gasteiger partial charge in [0.25, 0.3) is 12.4 Å². The second-order valence-corrected chi connectivity index (χ2v) is 8.13. The van der Waals surface area contributed by atoms with E-state index in [0.717, 1.165) is 18.8 Å². The van der Waals surface area contributed by atoms with Crippen LogP contribution in [0.2, 0.25) is 0 Å². The summed E-state index contributed by atoms with van der Waals surface area (Å²) in [6.07, 6.45) is 3.75. The Morgan fingerprint density at radius 2 is 2.00 bits per heavy atom. The fraction of sp³-hybridized carbons (Fsp3) is 0.636. The van der Waals surface area contributed by atoms with Crippen molar-refractivity contribution in [2.45, 2.75) is 65.5 Å². The summed E-state index contributed by atoms with van der Waals surface area (Å²) < 4.78 is 4.55. The first kappa shape index (κ1) is 24.8. The molecule has 7 nitrogen and oxygen atoms in total. The summed E-state index contributed by atoms with van der Waals surface area (Å²) in [5.74, 6) is 0.0391. The molecule has 1 atom stereocenters. The summed E-state index contributed by atoms with van der Waals surface area (Å²) in [6, 6.07) is 6.05. The zero-order chi connectivity index (χ0) is 21.9. The van der Waals surface area contributed by atoms with Crippen molar-refractivity contribution in [1.29, 1.82) is 0 Å². The molecule has 1 aliphatic rings. The molecule has 1 heterocycles. The van der Waals surface area contributed by atoms with Crippen LogP contribution in [0.5, 0.6) is 0 Å². The third-order valence-electron chi connectivity index (χ3n) is 4.70. The Morgan fingerprint density at radius 3 is 2.45 bits per heavy atom. The smallest absolute Gasteiger partial charge is 0.293 e. The zero-order valence-corrected chi connectivity index (χ0v) is 18.6. The predicted octanol–water partition coefficient (Wildman–Crippen LogP) is 3.26. The maximum Gasteiger partial charge on any atom is 0.293 e. The molecule has 1 aromatic rings. The third-order valence-corrected chi connectivity index (χ3v) is 4.70. The van der Waals surface area contributed by atoms with Crippen LogP contribution in [0.3, 0.4) is 0 Å². The average molecular weight is 407 g/mol. The SMILES string of the molecule is CC(C)(C)OC=O.CCN(CC)C(=O)c1ccc(NC[C@H]2CCCCN2)c(N)c1. The van der Waals surface area contributed by atoms with Crippen LogP contribution in [-0.2, 0) is 9.53 Å². The number of nitrogens with one attached hydrogen (secondary N) is 2. The van der Waals surface area contributed by atoms with Gasteiger partial charge in [-0.05, 0) is 72.2 Å². The van der Waals surface area contributed by atoms with E-state index < -0.39 is 0 Å². The molecule has 0 unspecified atom stereocenters. The van der Waals surface area contributed by atoms with E-state index in [1.54, 1.807) is 11.0 Å². The van der Waals surface area contributed by atoms with Crippen molar-refractivity contribution in [1.82, 2.24) is 10.2 Å². The molecule has 0 bridgehead atoms. The van der Waals surface area contributed by atoms with E-state index in [2.05, 4.69) is 15.4 Å². The Hall–Kier alpha value is -2.28. The number of nitrogen functional groups attached to an aromatic ring is 1. The summed E-state index contributed by atoms with van der Waals surface area (Å²) in [6.45, 7) is 13.3. The standard InChI is InChI=1S/C17H28N4O.C5H10O2/c1-3-21(4-2)17(22)13-8-9-16(15(18)11-13)20-12-14-7-5-6-10-19-14;1-5(2,3)7-4-6/h8-9,11,14,19-20H,3-7,10,12,18H2,1-2H3;4H,1-3H3/t14-;/m1./s1. The molecule has 1 aromatic carbocycles. The summed E-state index contributed by atoms with van der Waals surface area (Å²) in [5.41, 5.74) is 7.98. The van der Waals surface area contributed by atoms with Crippen LogP contribution >= 0.6 is 0 Å². The Morgan fingerprint density at radius 1 is 1.31 bits per heavy atom. The van der Waals surface area contributed by atoms with Crippen LogP contribution in [0.15, 0.2) is 18.2 Å². The van der Waals surface area contributed by atoms with Crippen LogP contribution < -0.4 is 16.4 Å². The van der Waals surface area contributed by atoms with Gasteiger partial charge in [-0.2, -0.15) is 0 Å². The summed E-state index contributed by atoms with van der Waals surface area (Å²) in [7, 11) is 0. The molecule has 0 aromatic heterocycles. The molecule has 0 radical (unpaired) electrons. The van der Waals surface area contributed by atoms with Crippen molar-refractivity contribution < 1.29 is 14.3 Å². The molecule has 1 aliphatic heterocycles. The minimum atomic E-state index is -0.318. The van der Waals surface area contributed by atoms with Gasteiger partial charge in [0.05, 0.1) is 11.4 Å². The van der Waals surface area contributed by atoms with Gasteiger partial charge in [0.15, 0.2) is 0 Å². The van der Waals surface area contributed by atoms with Crippen LogP contribution in [-0.4, -0.2) is 55.1 Å². The van der Waals surface area contributed by atoms with Crippen molar-refractivity contribution in [2.24, 2.45) is 0 Å². The molecule has 1 fully saturated rings. The first-order valence-corrected chi connectivity index (χ1v) is 10.5. The normalized spacial score (nSPS) is 16.2. The number of hydrogen-bond donors (Lipinski definition) is 3. The largest absolute Gasteiger partial charge is 0.462 e. The molecule has 0 saturated carbocycles. The molecule has 0 aliphatic carbocycles. The highest BCUT2D eigenvalue weighted by atomic mass is 16.5. The quantitative estimate of drug-likeness (QED) is 0.475. The lowest BCUT2D eigenvalue weighted by molar-refractivity contribution is -0.138. The highest BCUT2D eigenvalue weighted by Gasteiger charge is 2.15. The Bertz CT molecular complexity index is 633. The van der Waals surface area contributed by atoms with Crippen LogP contribution in [0.1, 0.15) is 64.2 Å². The maximum atomic E-state index is 12.3. The number of anilines is 2. The number of carbonyl (C=O) groups excluding carboxylic acids is 2. The molecule has 7 heteroatoms. The van der Waals surface area contributed by atoms with Crippen molar-refractivity contribution in [2.75, 3.05) is 37.2 Å². The topological polar surface area (TPSA) is 96.7 Å². The van der Waals surface area contributed by atoms with Gasteiger partial charge in [-0.1, -0.05) is 6.42 Å². The Labute approximate surface area is 175 Å². The van der Waals surface area contributed by atoms with Crippen LogP contribution in [0.25, 0.3) is 0 Å². The van der Waals surface area contributed by atoms with E-state index in [1.807, 2.05) is 46.8 Å². The first-order valence-electron chi connectivity index (χ1n) is 10.5. The molecule has 4 N–H and O–H groups in total. The van der Waals surface area contributed by atoms with Crippen molar-refractivity contribution in [3.05, 3.63) is 23.8 Å². The van der Waals surface area contributed by atoms with Gasteiger partial charge < -0.3 is 26.0 Å². The lowest BCUT2D eigenvalue weighted by atomic mass is 10.0. The summed E-state index contributed by atoms with van der Waals surface area (Å²) in [4.78, 5) is 23.7. The fourth-order valence-electron chi connectivity index (χ4n) is 3.03. The number of rotatable bonds is 7. The average Bonchev–Trinajstić information content (AvgIpc) is 2.68. The Balaban J connectivity index is 0.000000516. The second-order valence-electron chi connectivity index (χ2n) is 8.13.